The van der Waals surface area contributed by atoms with Crippen LogP contribution in [0, 0.1) is 17.0 Å². The second-order valence-electron chi connectivity index (χ2n) is 6.21. The molecule has 0 atom stereocenters. The van der Waals surface area contributed by atoms with Crippen LogP contribution in [0.15, 0.2) is 46.2 Å². The predicted octanol–water partition coefficient (Wildman–Crippen LogP) is 2.29. The van der Waals surface area contributed by atoms with Gasteiger partial charge in [-0.3, -0.25) is 19.7 Å². The molecule has 0 aliphatic heterocycles. The summed E-state index contributed by atoms with van der Waals surface area (Å²) in [6, 6.07) is 7.41. The number of thioether (sulfide) groups is 1. The standard InChI is InChI=1S/C18H18N6O5S/c1-11-8-12(24(27)28)5-6-13(11)20-16(25)10-30-18-22-21-15(23(18)2)9-19-17(26)14-4-3-7-29-14/h3-8H,9-10H2,1-2H3,(H,19,26)(H,20,25). The van der Waals surface area contributed by atoms with E-state index in [1.54, 1.807) is 30.7 Å². The van der Waals surface area contributed by atoms with Gasteiger partial charge in [-0.25, -0.2) is 0 Å². The molecule has 30 heavy (non-hydrogen) atoms. The molecule has 0 fully saturated rings. The summed E-state index contributed by atoms with van der Waals surface area (Å²) in [6.07, 6.45) is 1.41. The average molecular weight is 430 g/mol. The highest BCUT2D eigenvalue weighted by molar-refractivity contribution is 7.99. The van der Waals surface area contributed by atoms with E-state index in [0.717, 1.165) is 0 Å². The zero-order valence-electron chi connectivity index (χ0n) is 16.1. The van der Waals surface area contributed by atoms with Gasteiger partial charge < -0.3 is 19.6 Å². The van der Waals surface area contributed by atoms with Crippen molar-refractivity contribution >= 4 is 35.0 Å². The zero-order chi connectivity index (χ0) is 21.7. The van der Waals surface area contributed by atoms with Gasteiger partial charge in [0, 0.05) is 24.9 Å². The van der Waals surface area contributed by atoms with Gasteiger partial charge in [-0.1, -0.05) is 11.8 Å². The van der Waals surface area contributed by atoms with Gasteiger partial charge in [0.1, 0.15) is 0 Å². The lowest BCUT2D eigenvalue weighted by molar-refractivity contribution is -0.384. The van der Waals surface area contributed by atoms with E-state index in [1.807, 2.05) is 0 Å². The number of carbonyl (C=O) groups is 2. The minimum atomic E-state index is -0.489. The van der Waals surface area contributed by atoms with E-state index in [2.05, 4.69) is 20.8 Å². The number of nitro groups is 1. The van der Waals surface area contributed by atoms with E-state index in [1.165, 1.54) is 36.2 Å². The Bertz CT molecular complexity index is 1080. The highest BCUT2D eigenvalue weighted by Crippen LogP contribution is 2.22. The van der Waals surface area contributed by atoms with Crippen LogP contribution in [-0.2, 0) is 18.4 Å². The van der Waals surface area contributed by atoms with Crippen LogP contribution in [-0.4, -0.2) is 37.3 Å². The Hall–Kier alpha value is -3.67. The molecule has 2 heterocycles. The van der Waals surface area contributed by atoms with E-state index >= 15 is 0 Å². The van der Waals surface area contributed by atoms with Crippen LogP contribution in [0.3, 0.4) is 0 Å². The Balaban J connectivity index is 1.53. The number of aryl methyl sites for hydroxylation is 1. The highest BCUT2D eigenvalue weighted by atomic mass is 32.2. The number of benzene rings is 1. The molecular weight excluding hydrogens is 412 g/mol. The van der Waals surface area contributed by atoms with Gasteiger partial charge in [0.2, 0.25) is 5.91 Å². The Morgan fingerprint density at radius 3 is 2.77 bits per heavy atom. The first-order chi connectivity index (χ1) is 14.3. The number of nitrogens with zero attached hydrogens (tertiary/aromatic N) is 4. The largest absolute Gasteiger partial charge is 0.459 e. The molecule has 12 heteroatoms. The Kier molecular flexibility index (Phi) is 6.47. The minimum absolute atomic E-state index is 0.0365. The van der Waals surface area contributed by atoms with E-state index in [0.29, 0.717) is 22.2 Å². The van der Waals surface area contributed by atoms with E-state index in [4.69, 9.17) is 4.42 Å². The maximum Gasteiger partial charge on any atom is 0.287 e. The number of nitro benzene ring substituents is 1. The number of anilines is 1. The van der Waals surface area contributed by atoms with Crippen molar-refractivity contribution < 1.29 is 18.9 Å². The highest BCUT2D eigenvalue weighted by Gasteiger charge is 2.15. The summed E-state index contributed by atoms with van der Waals surface area (Å²) in [5, 5.41) is 24.8. The van der Waals surface area contributed by atoms with Crippen LogP contribution in [0.5, 0.6) is 0 Å². The average Bonchev–Trinajstić information content (AvgIpc) is 3.36. The van der Waals surface area contributed by atoms with Crippen LogP contribution in [0.2, 0.25) is 0 Å². The van der Waals surface area contributed by atoms with Crippen molar-refractivity contribution in [3.8, 4) is 0 Å². The summed E-state index contributed by atoms with van der Waals surface area (Å²) < 4.78 is 6.70. The lowest BCUT2D eigenvalue weighted by atomic mass is 10.2. The number of aromatic nitrogens is 3. The molecule has 0 spiro atoms. The lowest BCUT2D eigenvalue weighted by Gasteiger charge is -2.08. The summed E-state index contributed by atoms with van der Waals surface area (Å²) in [5.41, 5.74) is 1.06. The quantitative estimate of drug-likeness (QED) is 0.314. The van der Waals surface area contributed by atoms with E-state index in [9.17, 15) is 19.7 Å². The summed E-state index contributed by atoms with van der Waals surface area (Å²) in [6.45, 7) is 1.83. The van der Waals surface area contributed by atoms with Gasteiger partial charge in [-0.2, -0.15) is 0 Å². The Labute approximate surface area is 175 Å². The molecule has 3 rings (SSSR count). The maximum absolute atomic E-state index is 12.2. The fourth-order valence-corrected chi connectivity index (χ4v) is 3.23. The Morgan fingerprint density at radius 2 is 2.10 bits per heavy atom. The van der Waals surface area contributed by atoms with Crippen molar-refractivity contribution in [2.45, 2.75) is 18.6 Å². The minimum Gasteiger partial charge on any atom is -0.459 e. The van der Waals surface area contributed by atoms with Gasteiger partial charge in [-0.05, 0) is 30.7 Å². The van der Waals surface area contributed by atoms with E-state index < -0.39 is 4.92 Å². The third-order valence-electron chi connectivity index (χ3n) is 4.10. The number of amides is 2. The topological polar surface area (TPSA) is 145 Å². The molecule has 0 aliphatic rings. The number of hydrogen-bond donors (Lipinski definition) is 2. The molecule has 0 saturated heterocycles. The number of carbonyl (C=O) groups excluding carboxylic acids is 2. The molecule has 0 aliphatic carbocycles. The molecule has 3 aromatic rings. The monoisotopic (exact) mass is 430 g/mol. The zero-order valence-corrected chi connectivity index (χ0v) is 16.9. The van der Waals surface area contributed by atoms with Crippen LogP contribution >= 0.6 is 11.8 Å². The maximum atomic E-state index is 12.2. The number of nitrogens with one attached hydrogen (secondary N) is 2. The lowest BCUT2D eigenvalue weighted by Crippen LogP contribution is -2.24. The molecular formula is C18H18N6O5S. The number of non-ortho nitro benzene ring substituents is 1. The molecule has 2 aromatic heterocycles. The second-order valence-corrected chi connectivity index (χ2v) is 7.15. The number of hydrogen-bond acceptors (Lipinski definition) is 8. The molecule has 2 amide bonds. The van der Waals surface area contributed by atoms with Crippen molar-refractivity contribution in [2.24, 2.45) is 7.05 Å². The van der Waals surface area contributed by atoms with Crippen LogP contribution in [0.4, 0.5) is 11.4 Å². The van der Waals surface area contributed by atoms with Crippen molar-refractivity contribution in [1.82, 2.24) is 20.1 Å². The molecule has 0 unspecified atom stereocenters. The third-order valence-corrected chi connectivity index (χ3v) is 5.12. The molecule has 156 valence electrons. The molecule has 2 N–H and O–H groups in total. The van der Waals surface area contributed by atoms with Crippen LogP contribution < -0.4 is 10.6 Å². The van der Waals surface area contributed by atoms with Crippen molar-refractivity contribution in [3.05, 3.63) is 63.9 Å². The normalized spacial score (nSPS) is 10.6. The molecule has 0 bridgehead atoms. The fourth-order valence-electron chi connectivity index (χ4n) is 2.50. The molecule has 1 aromatic carbocycles. The SMILES string of the molecule is Cc1cc([N+](=O)[O-])ccc1NC(=O)CSc1nnc(CNC(=O)c2ccco2)n1C. The Morgan fingerprint density at radius 1 is 1.30 bits per heavy atom. The van der Waals surface area contributed by atoms with Crippen molar-refractivity contribution in [1.29, 1.82) is 0 Å². The molecule has 11 nitrogen and oxygen atoms in total. The van der Waals surface area contributed by atoms with Gasteiger partial charge in [0.15, 0.2) is 16.7 Å². The molecule has 0 saturated carbocycles. The smallest absolute Gasteiger partial charge is 0.287 e. The van der Waals surface area contributed by atoms with Crippen molar-refractivity contribution in [2.75, 3.05) is 11.1 Å². The van der Waals surface area contributed by atoms with Gasteiger partial charge in [0.05, 0.1) is 23.5 Å². The van der Waals surface area contributed by atoms with Gasteiger partial charge in [0.25, 0.3) is 11.6 Å². The second kappa shape index (κ2) is 9.22. The number of furan rings is 1. The van der Waals surface area contributed by atoms with E-state index in [-0.39, 0.29) is 35.6 Å². The third kappa shape index (κ3) is 5.03. The first-order valence-electron chi connectivity index (χ1n) is 8.73. The van der Waals surface area contributed by atoms with Crippen molar-refractivity contribution in [3.63, 3.8) is 0 Å². The fraction of sp³-hybridized carbons (Fsp3) is 0.222. The summed E-state index contributed by atoms with van der Waals surface area (Å²) in [4.78, 5) is 34.5. The first-order valence-corrected chi connectivity index (χ1v) is 9.71. The van der Waals surface area contributed by atoms with Crippen LogP contribution in [0.1, 0.15) is 21.9 Å². The van der Waals surface area contributed by atoms with Gasteiger partial charge >= 0.3 is 0 Å². The summed E-state index contributed by atoms with van der Waals surface area (Å²) >= 11 is 1.18. The van der Waals surface area contributed by atoms with Crippen LogP contribution in [0.25, 0.3) is 0 Å². The number of rotatable bonds is 8. The van der Waals surface area contributed by atoms with Gasteiger partial charge in [-0.15, -0.1) is 10.2 Å². The first kappa shape index (κ1) is 21.0. The summed E-state index contributed by atoms with van der Waals surface area (Å²) in [5.74, 6) is 0.137. The molecule has 0 radical (unpaired) electrons. The summed E-state index contributed by atoms with van der Waals surface area (Å²) in [7, 11) is 1.73. The predicted molar refractivity (Wildman–Crippen MR) is 108 cm³/mol.